The second kappa shape index (κ2) is 7.92. The molecule has 2 aliphatic heterocycles. The molecule has 0 aromatic heterocycles. The Morgan fingerprint density at radius 1 is 1.10 bits per heavy atom. The van der Waals surface area contributed by atoms with Crippen LogP contribution in [0.1, 0.15) is 35.1 Å². The summed E-state index contributed by atoms with van der Waals surface area (Å²) in [5.41, 5.74) is 3.30. The molecule has 0 spiro atoms. The smallest absolute Gasteiger partial charge is 0.244 e. The van der Waals surface area contributed by atoms with E-state index in [9.17, 15) is 13.2 Å². The summed E-state index contributed by atoms with van der Waals surface area (Å²) in [7, 11) is -3.77. The zero-order valence-electron chi connectivity index (χ0n) is 17.4. The van der Waals surface area contributed by atoms with Crippen LogP contribution in [0.5, 0.6) is 11.5 Å². The van der Waals surface area contributed by atoms with Crippen LogP contribution in [-0.4, -0.2) is 38.0 Å². The van der Waals surface area contributed by atoms with E-state index in [4.69, 9.17) is 9.47 Å². The maximum Gasteiger partial charge on any atom is 0.244 e. The molecule has 0 bridgehead atoms. The van der Waals surface area contributed by atoms with Crippen LogP contribution in [0.4, 0.5) is 0 Å². The number of benzene rings is 2. The predicted molar refractivity (Wildman–Crippen MR) is 112 cm³/mol. The van der Waals surface area contributed by atoms with Crippen LogP contribution in [-0.2, 0) is 21.4 Å². The number of fused-ring (bicyclic) bond motifs is 1. The maximum atomic E-state index is 13.4. The average molecular weight is 431 g/mol. The highest BCUT2D eigenvalue weighted by Gasteiger charge is 2.40. The largest absolute Gasteiger partial charge is 0.454 e. The molecule has 0 unspecified atom stereocenters. The molecule has 1 atom stereocenters. The molecule has 1 fully saturated rings. The van der Waals surface area contributed by atoms with E-state index in [2.05, 4.69) is 5.32 Å². The zero-order valence-corrected chi connectivity index (χ0v) is 18.2. The number of aryl methyl sites for hydroxylation is 3. The third-order valence-electron chi connectivity index (χ3n) is 5.58. The summed E-state index contributed by atoms with van der Waals surface area (Å²) in [6.45, 7) is 6.38. The third kappa shape index (κ3) is 3.77. The molecule has 30 heavy (non-hydrogen) atoms. The number of nitrogens with zero attached hydrogens (tertiary/aromatic N) is 1. The van der Waals surface area contributed by atoms with Crippen molar-refractivity contribution in [2.45, 2.75) is 51.1 Å². The topological polar surface area (TPSA) is 84.9 Å². The van der Waals surface area contributed by atoms with Gasteiger partial charge in [-0.2, -0.15) is 4.31 Å². The lowest BCUT2D eigenvalue weighted by Crippen LogP contribution is -2.45. The molecule has 2 aromatic rings. The Morgan fingerprint density at radius 3 is 2.53 bits per heavy atom. The first-order valence-electron chi connectivity index (χ1n) is 10.0. The van der Waals surface area contributed by atoms with Crippen LogP contribution in [0.15, 0.2) is 35.2 Å². The van der Waals surface area contributed by atoms with Crippen molar-refractivity contribution in [3.63, 3.8) is 0 Å². The molecule has 7 nitrogen and oxygen atoms in total. The highest BCUT2D eigenvalue weighted by atomic mass is 32.2. The molecule has 160 valence electrons. The van der Waals surface area contributed by atoms with Gasteiger partial charge in [-0.05, 0) is 62.4 Å². The van der Waals surface area contributed by atoms with Crippen LogP contribution in [0.2, 0.25) is 0 Å². The summed E-state index contributed by atoms with van der Waals surface area (Å²) in [5.74, 6) is 1.05. The molecule has 2 heterocycles. The number of hydrogen-bond acceptors (Lipinski definition) is 5. The minimum atomic E-state index is -3.77. The van der Waals surface area contributed by atoms with Gasteiger partial charge in [-0.1, -0.05) is 23.8 Å². The molecule has 0 radical (unpaired) electrons. The summed E-state index contributed by atoms with van der Waals surface area (Å²) in [6.07, 6.45) is 1.17. The van der Waals surface area contributed by atoms with E-state index in [1.807, 2.05) is 31.2 Å². The Labute approximate surface area is 177 Å². The molecule has 2 aromatic carbocycles. The Bertz CT molecular complexity index is 1070. The maximum absolute atomic E-state index is 13.4. The van der Waals surface area contributed by atoms with Crippen LogP contribution < -0.4 is 14.8 Å². The summed E-state index contributed by atoms with van der Waals surface area (Å²) >= 11 is 0. The van der Waals surface area contributed by atoms with Crippen LogP contribution in [0, 0.1) is 20.8 Å². The number of sulfonamides is 1. The van der Waals surface area contributed by atoms with Crippen LogP contribution in [0.25, 0.3) is 0 Å². The van der Waals surface area contributed by atoms with Crippen molar-refractivity contribution in [2.24, 2.45) is 0 Å². The van der Waals surface area contributed by atoms with E-state index in [-0.39, 0.29) is 12.7 Å². The minimum Gasteiger partial charge on any atom is -0.454 e. The van der Waals surface area contributed by atoms with Crippen molar-refractivity contribution in [3.05, 3.63) is 52.6 Å². The fourth-order valence-electron chi connectivity index (χ4n) is 4.34. The normalized spacial score (nSPS) is 18.6. The lowest BCUT2D eigenvalue weighted by atomic mass is 10.1. The molecular weight excluding hydrogens is 404 g/mol. The molecule has 4 rings (SSSR count). The van der Waals surface area contributed by atoms with E-state index in [0.29, 0.717) is 53.5 Å². The van der Waals surface area contributed by atoms with E-state index in [1.54, 1.807) is 19.9 Å². The first-order chi connectivity index (χ1) is 14.3. The van der Waals surface area contributed by atoms with E-state index in [0.717, 1.165) is 11.1 Å². The Kier molecular flexibility index (Phi) is 5.46. The summed E-state index contributed by atoms with van der Waals surface area (Å²) in [5, 5.41) is 2.88. The lowest BCUT2D eigenvalue weighted by molar-refractivity contribution is -0.124. The molecular formula is C22H26N2O5S. The van der Waals surface area contributed by atoms with Gasteiger partial charge >= 0.3 is 0 Å². The van der Waals surface area contributed by atoms with Crippen LogP contribution >= 0.6 is 0 Å². The van der Waals surface area contributed by atoms with Crippen molar-refractivity contribution in [3.8, 4) is 11.5 Å². The molecule has 0 saturated carbocycles. The zero-order chi connectivity index (χ0) is 21.5. The molecule has 0 aliphatic carbocycles. The number of rotatable bonds is 5. The molecule has 8 heteroatoms. The molecule has 1 amide bonds. The fraction of sp³-hybridized carbons (Fsp3) is 0.409. The number of amides is 1. The van der Waals surface area contributed by atoms with Gasteiger partial charge in [0, 0.05) is 13.1 Å². The number of nitrogens with one attached hydrogen (secondary N) is 1. The monoisotopic (exact) mass is 430 g/mol. The van der Waals surface area contributed by atoms with E-state index in [1.165, 1.54) is 4.31 Å². The number of carbonyl (C=O) groups is 1. The van der Waals surface area contributed by atoms with Crippen LogP contribution in [0.3, 0.4) is 0 Å². The Balaban J connectivity index is 1.51. The predicted octanol–water partition coefficient (Wildman–Crippen LogP) is 2.81. The van der Waals surface area contributed by atoms with Gasteiger partial charge in [-0.15, -0.1) is 0 Å². The quantitative estimate of drug-likeness (QED) is 0.789. The summed E-state index contributed by atoms with van der Waals surface area (Å²) < 4.78 is 38.9. The highest BCUT2D eigenvalue weighted by molar-refractivity contribution is 7.89. The lowest BCUT2D eigenvalue weighted by Gasteiger charge is -2.25. The van der Waals surface area contributed by atoms with E-state index >= 15 is 0 Å². The van der Waals surface area contributed by atoms with Gasteiger partial charge in [-0.25, -0.2) is 8.42 Å². The third-order valence-corrected chi connectivity index (χ3v) is 7.80. The second-order valence-electron chi connectivity index (χ2n) is 7.91. The molecule has 1 N–H and O–H groups in total. The van der Waals surface area contributed by atoms with Gasteiger partial charge in [0.25, 0.3) is 0 Å². The summed E-state index contributed by atoms with van der Waals surface area (Å²) in [6, 6.07) is 8.51. The number of ether oxygens (including phenoxy) is 2. The van der Waals surface area contributed by atoms with Gasteiger partial charge in [-0.3, -0.25) is 4.79 Å². The van der Waals surface area contributed by atoms with Gasteiger partial charge in [0.05, 0.1) is 4.90 Å². The van der Waals surface area contributed by atoms with Crippen molar-refractivity contribution in [1.82, 2.24) is 9.62 Å². The van der Waals surface area contributed by atoms with Gasteiger partial charge < -0.3 is 14.8 Å². The standard InChI is InChI=1S/C22H26N2O5S/c1-14-9-15(2)21(16(3)10-14)30(26,27)24-8-4-5-18(24)22(25)23-12-17-6-7-19-20(11-17)29-13-28-19/h6-7,9-11,18H,4-5,8,12-13H2,1-3H3,(H,23,25)/t18-/m1/s1. The average Bonchev–Trinajstić information content (AvgIpc) is 3.34. The van der Waals surface area contributed by atoms with E-state index < -0.39 is 16.1 Å². The first-order valence-corrected chi connectivity index (χ1v) is 11.5. The number of carbonyl (C=O) groups excluding carboxylic acids is 1. The van der Waals surface area contributed by atoms with Gasteiger partial charge in [0.2, 0.25) is 22.7 Å². The van der Waals surface area contributed by atoms with Gasteiger partial charge in [0.1, 0.15) is 6.04 Å². The van der Waals surface area contributed by atoms with Crippen molar-refractivity contribution in [2.75, 3.05) is 13.3 Å². The molecule has 1 saturated heterocycles. The van der Waals surface area contributed by atoms with Crippen molar-refractivity contribution >= 4 is 15.9 Å². The Morgan fingerprint density at radius 2 is 1.80 bits per heavy atom. The van der Waals surface area contributed by atoms with Gasteiger partial charge in [0.15, 0.2) is 11.5 Å². The molecule has 2 aliphatic rings. The highest BCUT2D eigenvalue weighted by Crippen LogP contribution is 2.33. The van der Waals surface area contributed by atoms with Crippen molar-refractivity contribution in [1.29, 1.82) is 0 Å². The number of hydrogen-bond donors (Lipinski definition) is 1. The summed E-state index contributed by atoms with van der Waals surface area (Å²) in [4.78, 5) is 13.2. The fourth-order valence-corrected chi connectivity index (χ4v) is 6.41. The van der Waals surface area contributed by atoms with Crippen molar-refractivity contribution < 1.29 is 22.7 Å². The minimum absolute atomic E-state index is 0.192. The Hall–Kier alpha value is -2.58. The SMILES string of the molecule is Cc1cc(C)c(S(=O)(=O)N2CCC[C@@H]2C(=O)NCc2ccc3c(c2)OCO3)c(C)c1. The first kappa shape index (κ1) is 20.7. The second-order valence-corrected chi connectivity index (χ2v) is 9.73.